The number of anilines is 1. The fourth-order valence-electron chi connectivity index (χ4n) is 3.15. The van der Waals surface area contributed by atoms with Crippen molar-refractivity contribution in [1.82, 2.24) is 14.5 Å². The van der Waals surface area contributed by atoms with Gasteiger partial charge in [0.2, 0.25) is 0 Å². The van der Waals surface area contributed by atoms with Crippen LogP contribution in [0.1, 0.15) is 36.0 Å². The summed E-state index contributed by atoms with van der Waals surface area (Å²) in [6, 6.07) is 11.4. The number of benzene rings is 1. The molecule has 0 aliphatic heterocycles. The molecule has 5 nitrogen and oxygen atoms in total. The van der Waals surface area contributed by atoms with Crippen LogP contribution in [0.4, 0.5) is 5.69 Å². The van der Waals surface area contributed by atoms with Crippen molar-refractivity contribution >= 4 is 23.4 Å². The lowest BCUT2D eigenvalue weighted by atomic mass is 10.2. The second kappa shape index (κ2) is 7.74. The molecule has 1 aromatic carbocycles. The van der Waals surface area contributed by atoms with Crippen molar-refractivity contribution in [3.8, 4) is 5.69 Å². The van der Waals surface area contributed by atoms with Gasteiger partial charge in [0.1, 0.15) is 5.03 Å². The summed E-state index contributed by atoms with van der Waals surface area (Å²) in [5.74, 6) is -0.117. The number of aromatic nitrogens is 3. The van der Waals surface area contributed by atoms with Gasteiger partial charge in [0.15, 0.2) is 0 Å². The van der Waals surface area contributed by atoms with Crippen molar-refractivity contribution in [3.63, 3.8) is 0 Å². The molecule has 1 fully saturated rings. The molecule has 132 valence electrons. The monoisotopic (exact) mass is 364 g/mol. The normalized spacial score (nSPS) is 14.5. The molecule has 2 heterocycles. The molecule has 1 aliphatic rings. The summed E-state index contributed by atoms with van der Waals surface area (Å²) in [6.45, 7) is 0. The van der Waals surface area contributed by atoms with E-state index in [0.717, 1.165) is 16.4 Å². The quantitative estimate of drug-likeness (QED) is 0.721. The van der Waals surface area contributed by atoms with E-state index in [1.165, 1.54) is 25.7 Å². The number of carbonyl (C=O) groups excluding carboxylic acids is 1. The summed E-state index contributed by atoms with van der Waals surface area (Å²) in [4.78, 5) is 21.2. The van der Waals surface area contributed by atoms with Gasteiger partial charge in [-0.15, -0.1) is 11.8 Å². The molecular weight excluding hydrogens is 344 g/mol. The minimum atomic E-state index is -0.117. The minimum absolute atomic E-state index is 0.117. The molecule has 0 radical (unpaired) electrons. The molecule has 0 atom stereocenters. The lowest BCUT2D eigenvalue weighted by Gasteiger charge is -2.12. The smallest absolute Gasteiger partial charge is 0.258 e. The van der Waals surface area contributed by atoms with Crippen LogP contribution in [0.2, 0.25) is 0 Å². The second-order valence-corrected chi connectivity index (χ2v) is 7.64. The molecule has 0 unspecified atom stereocenters. The largest absolute Gasteiger partial charge is 0.322 e. The SMILES string of the molecule is O=C(Nc1ccc(-n2ccnc2)cc1)c1cccnc1SC1CCCC1. The van der Waals surface area contributed by atoms with Crippen LogP contribution >= 0.6 is 11.8 Å². The highest BCUT2D eigenvalue weighted by Crippen LogP contribution is 2.35. The van der Waals surface area contributed by atoms with Crippen molar-refractivity contribution in [2.24, 2.45) is 0 Å². The highest BCUT2D eigenvalue weighted by Gasteiger charge is 2.20. The average molecular weight is 364 g/mol. The highest BCUT2D eigenvalue weighted by molar-refractivity contribution is 7.99. The van der Waals surface area contributed by atoms with Gasteiger partial charge < -0.3 is 9.88 Å². The zero-order chi connectivity index (χ0) is 17.8. The Morgan fingerprint density at radius 2 is 1.92 bits per heavy atom. The van der Waals surface area contributed by atoms with Gasteiger partial charge in [-0.1, -0.05) is 12.8 Å². The lowest BCUT2D eigenvalue weighted by molar-refractivity contribution is 0.102. The highest BCUT2D eigenvalue weighted by atomic mass is 32.2. The van der Waals surface area contributed by atoms with E-state index in [1.54, 1.807) is 30.5 Å². The third-order valence-electron chi connectivity index (χ3n) is 4.52. The Kier molecular flexibility index (Phi) is 5.02. The third-order valence-corrected chi connectivity index (χ3v) is 5.88. The molecule has 26 heavy (non-hydrogen) atoms. The zero-order valence-electron chi connectivity index (χ0n) is 14.3. The summed E-state index contributed by atoms with van der Waals surface area (Å²) < 4.78 is 1.92. The van der Waals surface area contributed by atoms with Crippen LogP contribution in [0.15, 0.2) is 66.3 Å². The topological polar surface area (TPSA) is 59.8 Å². The predicted octanol–water partition coefficient (Wildman–Crippen LogP) is 4.55. The Morgan fingerprint density at radius 1 is 1.12 bits per heavy atom. The second-order valence-electron chi connectivity index (χ2n) is 6.35. The number of hydrogen-bond donors (Lipinski definition) is 1. The van der Waals surface area contributed by atoms with Gasteiger partial charge in [0.05, 0.1) is 11.9 Å². The molecule has 1 N–H and O–H groups in total. The van der Waals surface area contributed by atoms with E-state index in [1.807, 2.05) is 47.2 Å². The van der Waals surface area contributed by atoms with Crippen molar-refractivity contribution in [2.45, 2.75) is 36.0 Å². The molecule has 0 saturated heterocycles. The molecule has 6 heteroatoms. The van der Waals surface area contributed by atoms with Gasteiger partial charge in [0, 0.05) is 35.2 Å². The number of nitrogens with zero attached hydrogens (tertiary/aromatic N) is 3. The Balaban J connectivity index is 1.48. The van der Waals surface area contributed by atoms with Crippen LogP contribution in [0.3, 0.4) is 0 Å². The summed E-state index contributed by atoms with van der Waals surface area (Å²) >= 11 is 1.74. The maximum absolute atomic E-state index is 12.7. The Labute approximate surface area is 156 Å². The van der Waals surface area contributed by atoms with Crippen LogP contribution in [0.25, 0.3) is 5.69 Å². The van der Waals surface area contributed by atoms with E-state index < -0.39 is 0 Å². The maximum atomic E-state index is 12.7. The third kappa shape index (κ3) is 3.80. The van der Waals surface area contributed by atoms with Crippen molar-refractivity contribution in [3.05, 3.63) is 66.9 Å². The zero-order valence-corrected chi connectivity index (χ0v) is 15.2. The van der Waals surface area contributed by atoms with Gasteiger partial charge in [-0.3, -0.25) is 4.79 Å². The number of nitrogens with one attached hydrogen (secondary N) is 1. The first kappa shape index (κ1) is 16.8. The average Bonchev–Trinajstić information content (AvgIpc) is 3.37. The molecule has 0 bridgehead atoms. The lowest BCUT2D eigenvalue weighted by Crippen LogP contribution is -2.14. The van der Waals surface area contributed by atoms with Gasteiger partial charge in [-0.05, 0) is 49.2 Å². The molecule has 0 spiro atoms. The van der Waals surface area contributed by atoms with Crippen LogP contribution in [-0.4, -0.2) is 25.7 Å². The van der Waals surface area contributed by atoms with Crippen LogP contribution in [0.5, 0.6) is 0 Å². The van der Waals surface area contributed by atoms with E-state index in [0.29, 0.717) is 10.8 Å². The van der Waals surface area contributed by atoms with Gasteiger partial charge in [-0.2, -0.15) is 0 Å². The molecule has 4 rings (SSSR count). The van der Waals surface area contributed by atoms with Crippen LogP contribution in [0, 0.1) is 0 Å². The molecule has 1 amide bonds. The summed E-state index contributed by atoms with van der Waals surface area (Å²) in [5.41, 5.74) is 2.40. The summed E-state index contributed by atoms with van der Waals surface area (Å²) in [7, 11) is 0. The number of carbonyl (C=O) groups is 1. The minimum Gasteiger partial charge on any atom is -0.322 e. The van der Waals surface area contributed by atoms with Crippen molar-refractivity contribution in [1.29, 1.82) is 0 Å². The van der Waals surface area contributed by atoms with E-state index in [9.17, 15) is 4.79 Å². The van der Waals surface area contributed by atoms with Crippen LogP contribution < -0.4 is 5.32 Å². The first-order valence-corrected chi connectivity index (χ1v) is 9.69. The fourth-order valence-corrected chi connectivity index (χ4v) is 4.44. The first-order valence-electron chi connectivity index (χ1n) is 8.81. The standard InChI is InChI=1S/C20H20N4OS/c25-19(18-6-3-11-22-20(18)26-17-4-1-2-5-17)23-15-7-9-16(10-8-15)24-13-12-21-14-24/h3,6-14,17H,1-2,4-5H2,(H,23,25). The molecule has 1 aliphatic carbocycles. The van der Waals surface area contributed by atoms with Crippen molar-refractivity contribution < 1.29 is 4.79 Å². The number of imidazole rings is 1. The van der Waals surface area contributed by atoms with Crippen LogP contribution in [-0.2, 0) is 0 Å². The molecule has 3 aromatic rings. The van der Waals surface area contributed by atoms with Gasteiger partial charge in [-0.25, -0.2) is 9.97 Å². The number of rotatable bonds is 5. The molecule has 1 saturated carbocycles. The number of thioether (sulfide) groups is 1. The number of hydrogen-bond acceptors (Lipinski definition) is 4. The summed E-state index contributed by atoms with van der Waals surface area (Å²) in [5, 5.41) is 4.38. The Bertz CT molecular complexity index is 871. The number of amides is 1. The fraction of sp³-hybridized carbons (Fsp3) is 0.250. The van der Waals surface area contributed by atoms with E-state index >= 15 is 0 Å². The van der Waals surface area contributed by atoms with Crippen molar-refractivity contribution in [2.75, 3.05) is 5.32 Å². The summed E-state index contributed by atoms with van der Waals surface area (Å²) in [6.07, 6.45) is 12.1. The molecule has 2 aromatic heterocycles. The maximum Gasteiger partial charge on any atom is 0.258 e. The number of pyridine rings is 1. The van der Waals surface area contributed by atoms with E-state index in [4.69, 9.17) is 0 Å². The Hall–Kier alpha value is -2.60. The van der Waals surface area contributed by atoms with E-state index in [2.05, 4.69) is 15.3 Å². The Morgan fingerprint density at radius 3 is 2.65 bits per heavy atom. The predicted molar refractivity (Wildman–Crippen MR) is 104 cm³/mol. The van der Waals surface area contributed by atoms with Gasteiger partial charge in [0.25, 0.3) is 5.91 Å². The van der Waals surface area contributed by atoms with Gasteiger partial charge >= 0.3 is 0 Å². The van der Waals surface area contributed by atoms with E-state index in [-0.39, 0.29) is 5.91 Å². The first-order chi connectivity index (χ1) is 12.8. The molecular formula is C20H20N4OS.